The molecule has 3 rings (SSSR count). The first-order valence-electron chi connectivity index (χ1n) is 7.57. The lowest BCUT2D eigenvalue weighted by Gasteiger charge is -2.10. The van der Waals surface area contributed by atoms with Gasteiger partial charge in [-0.15, -0.1) is 5.10 Å². The van der Waals surface area contributed by atoms with Crippen LogP contribution in [-0.2, 0) is 6.42 Å². The zero-order valence-electron chi connectivity index (χ0n) is 13.9. The standard InChI is InChI=1S/C15H16FN7O2/c1-4-13-14(8(2)20-25-13)18-15(24)17-10-5-6-11(16)12(7-10)23-9(3)19-21-22-23/h5-7H,4H2,1-3H3,(H2,17,18,24). The van der Waals surface area contributed by atoms with Gasteiger partial charge in [-0.3, -0.25) is 0 Å². The fourth-order valence-corrected chi connectivity index (χ4v) is 2.30. The molecule has 2 amide bonds. The molecule has 0 saturated heterocycles. The van der Waals surface area contributed by atoms with Gasteiger partial charge in [0.1, 0.15) is 22.9 Å². The van der Waals surface area contributed by atoms with Crippen LogP contribution in [0.15, 0.2) is 22.7 Å². The Morgan fingerprint density at radius 3 is 2.80 bits per heavy atom. The van der Waals surface area contributed by atoms with Gasteiger partial charge in [0.05, 0.1) is 0 Å². The quantitative estimate of drug-likeness (QED) is 0.752. The van der Waals surface area contributed by atoms with Crippen molar-refractivity contribution in [3.8, 4) is 5.69 Å². The molecule has 2 N–H and O–H groups in total. The van der Waals surface area contributed by atoms with E-state index in [4.69, 9.17) is 4.52 Å². The first-order valence-corrected chi connectivity index (χ1v) is 7.57. The summed E-state index contributed by atoms with van der Waals surface area (Å²) in [6.07, 6.45) is 0.593. The summed E-state index contributed by atoms with van der Waals surface area (Å²) in [6.45, 7) is 5.27. The van der Waals surface area contributed by atoms with E-state index in [0.29, 0.717) is 35.1 Å². The molecule has 130 valence electrons. The number of hydrogen-bond acceptors (Lipinski definition) is 6. The number of nitrogens with one attached hydrogen (secondary N) is 2. The van der Waals surface area contributed by atoms with Crippen LogP contribution in [0.1, 0.15) is 24.2 Å². The maximum absolute atomic E-state index is 14.0. The Balaban J connectivity index is 1.80. The molecule has 0 unspecified atom stereocenters. The van der Waals surface area contributed by atoms with Gasteiger partial charge in [-0.1, -0.05) is 12.1 Å². The summed E-state index contributed by atoms with van der Waals surface area (Å²) in [5.74, 6) is 0.495. The van der Waals surface area contributed by atoms with Crippen molar-refractivity contribution in [1.82, 2.24) is 25.4 Å². The molecule has 0 atom stereocenters. The number of rotatable bonds is 4. The van der Waals surface area contributed by atoms with Crippen molar-refractivity contribution in [3.05, 3.63) is 41.3 Å². The fraction of sp³-hybridized carbons (Fsp3) is 0.267. The van der Waals surface area contributed by atoms with Gasteiger partial charge in [0, 0.05) is 12.1 Å². The van der Waals surface area contributed by atoms with Crippen molar-refractivity contribution in [2.24, 2.45) is 0 Å². The van der Waals surface area contributed by atoms with Gasteiger partial charge in [-0.05, 0) is 42.5 Å². The van der Waals surface area contributed by atoms with E-state index in [1.54, 1.807) is 13.8 Å². The molecule has 2 aromatic heterocycles. The van der Waals surface area contributed by atoms with Crippen LogP contribution >= 0.6 is 0 Å². The summed E-state index contributed by atoms with van der Waals surface area (Å²) in [6, 6.07) is 3.62. The average Bonchev–Trinajstić information content (AvgIpc) is 3.16. The summed E-state index contributed by atoms with van der Waals surface area (Å²) in [7, 11) is 0. The smallest absolute Gasteiger partial charge is 0.323 e. The van der Waals surface area contributed by atoms with E-state index in [-0.39, 0.29) is 5.69 Å². The first kappa shape index (κ1) is 16.6. The maximum atomic E-state index is 14.0. The van der Waals surface area contributed by atoms with Crippen LogP contribution in [0, 0.1) is 19.7 Å². The topological polar surface area (TPSA) is 111 Å². The zero-order valence-corrected chi connectivity index (χ0v) is 13.9. The third-order valence-electron chi connectivity index (χ3n) is 3.55. The Hall–Kier alpha value is -3.30. The molecule has 10 heteroatoms. The minimum absolute atomic E-state index is 0.135. The summed E-state index contributed by atoms with van der Waals surface area (Å²) >= 11 is 0. The zero-order chi connectivity index (χ0) is 18.0. The molecule has 0 bridgehead atoms. The molecule has 0 fully saturated rings. The number of aromatic nitrogens is 5. The number of nitrogens with zero attached hydrogens (tertiary/aromatic N) is 5. The third kappa shape index (κ3) is 3.32. The Bertz CT molecular complexity index is 918. The van der Waals surface area contributed by atoms with Crippen LogP contribution in [-0.4, -0.2) is 31.4 Å². The molecule has 9 nitrogen and oxygen atoms in total. The van der Waals surface area contributed by atoms with Crippen LogP contribution < -0.4 is 10.6 Å². The molecule has 0 aliphatic heterocycles. The fourth-order valence-electron chi connectivity index (χ4n) is 2.30. The second kappa shape index (κ2) is 6.67. The molecule has 25 heavy (non-hydrogen) atoms. The van der Waals surface area contributed by atoms with Crippen LogP contribution in [0.4, 0.5) is 20.6 Å². The van der Waals surface area contributed by atoms with Crippen LogP contribution in [0.5, 0.6) is 0 Å². The van der Waals surface area contributed by atoms with Gasteiger partial charge in [-0.25, -0.2) is 9.18 Å². The van der Waals surface area contributed by atoms with Gasteiger partial charge < -0.3 is 15.2 Å². The second-order valence-corrected chi connectivity index (χ2v) is 5.30. The number of anilines is 2. The Morgan fingerprint density at radius 1 is 1.32 bits per heavy atom. The number of carbonyl (C=O) groups excluding carboxylic acids is 1. The number of amides is 2. The largest absolute Gasteiger partial charge is 0.359 e. The van der Waals surface area contributed by atoms with E-state index in [1.165, 1.54) is 22.9 Å². The van der Waals surface area contributed by atoms with Crippen molar-refractivity contribution in [1.29, 1.82) is 0 Å². The number of benzene rings is 1. The molecule has 0 spiro atoms. The minimum Gasteiger partial charge on any atom is -0.359 e. The van der Waals surface area contributed by atoms with E-state index in [1.807, 2.05) is 6.92 Å². The predicted octanol–water partition coefficient (Wildman–Crippen LogP) is 2.61. The minimum atomic E-state index is -0.510. The van der Waals surface area contributed by atoms with Crippen molar-refractivity contribution in [2.75, 3.05) is 10.6 Å². The molecular formula is C15H16FN7O2. The van der Waals surface area contributed by atoms with Gasteiger partial charge in [0.2, 0.25) is 0 Å². The van der Waals surface area contributed by atoms with Gasteiger partial charge in [0.25, 0.3) is 0 Å². The van der Waals surface area contributed by atoms with Crippen LogP contribution in [0.25, 0.3) is 5.69 Å². The van der Waals surface area contributed by atoms with Gasteiger partial charge in [-0.2, -0.15) is 4.68 Å². The lowest BCUT2D eigenvalue weighted by atomic mass is 10.2. The molecule has 0 aliphatic carbocycles. The molecule has 0 saturated carbocycles. The highest BCUT2D eigenvalue weighted by atomic mass is 19.1. The maximum Gasteiger partial charge on any atom is 0.323 e. The number of hydrogen-bond donors (Lipinski definition) is 2. The Morgan fingerprint density at radius 2 is 2.12 bits per heavy atom. The Kier molecular flexibility index (Phi) is 4.42. The molecule has 2 heterocycles. The highest BCUT2D eigenvalue weighted by molar-refractivity contribution is 6.00. The molecule has 0 radical (unpaired) electrons. The number of halogens is 1. The van der Waals surface area contributed by atoms with E-state index in [2.05, 4.69) is 31.3 Å². The molecule has 3 aromatic rings. The lowest BCUT2D eigenvalue weighted by molar-refractivity contribution is 0.262. The van der Waals surface area contributed by atoms with Gasteiger partial charge in [0.15, 0.2) is 11.6 Å². The summed E-state index contributed by atoms with van der Waals surface area (Å²) in [4.78, 5) is 12.2. The van der Waals surface area contributed by atoms with Crippen LogP contribution in [0.3, 0.4) is 0 Å². The van der Waals surface area contributed by atoms with E-state index in [0.717, 1.165) is 0 Å². The van der Waals surface area contributed by atoms with E-state index in [9.17, 15) is 9.18 Å². The average molecular weight is 345 g/mol. The number of urea groups is 1. The molecular weight excluding hydrogens is 329 g/mol. The number of tetrazole rings is 1. The summed E-state index contributed by atoms with van der Waals surface area (Å²) in [5.41, 5.74) is 1.63. The van der Waals surface area contributed by atoms with Crippen molar-refractivity contribution in [3.63, 3.8) is 0 Å². The van der Waals surface area contributed by atoms with E-state index < -0.39 is 11.8 Å². The number of aryl methyl sites for hydroxylation is 3. The SMILES string of the molecule is CCc1onc(C)c1NC(=O)Nc1ccc(F)c(-n2nnnc2C)c1. The Labute approximate surface area is 142 Å². The predicted molar refractivity (Wildman–Crippen MR) is 87.1 cm³/mol. The van der Waals surface area contributed by atoms with Crippen molar-refractivity contribution < 1.29 is 13.7 Å². The summed E-state index contributed by atoms with van der Waals surface area (Å²) in [5, 5.41) is 20.1. The highest BCUT2D eigenvalue weighted by Gasteiger charge is 2.15. The molecule has 1 aromatic carbocycles. The van der Waals surface area contributed by atoms with Crippen molar-refractivity contribution >= 4 is 17.4 Å². The normalized spacial score (nSPS) is 10.7. The van der Waals surface area contributed by atoms with Crippen molar-refractivity contribution in [2.45, 2.75) is 27.2 Å². The first-order chi connectivity index (χ1) is 12.0. The summed E-state index contributed by atoms with van der Waals surface area (Å²) < 4.78 is 20.4. The van der Waals surface area contributed by atoms with Gasteiger partial charge >= 0.3 is 6.03 Å². The third-order valence-corrected chi connectivity index (χ3v) is 3.55. The lowest BCUT2D eigenvalue weighted by Crippen LogP contribution is -2.20. The van der Waals surface area contributed by atoms with E-state index >= 15 is 0 Å². The monoisotopic (exact) mass is 345 g/mol. The second-order valence-electron chi connectivity index (χ2n) is 5.30. The highest BCUT2D eigenvalue weighted by Crippen LogP contribution is 2.22. The van der Waals surface area contributed by atoms with Crippen LogP contribution in [0.2, 0.25) is 0 Å². The molecule has 0 aliphatic rings. The number of carbonyl (C=O) groups is 1.